The fourth-order valence-electron chi connectivity index (χ4n) is 2.45. The highest BCUT2D eigenvalue weighted by atomic mass is 16.3. The van der Waals surface area contributed by atoms with E-state index in [0.29, 0.717) is 11.8 Å². The molecule has 4 N–H and O–H groups in total. The molecule has 1 atom stereocenters. The van der Waals surface area contributed by atoms with E-state index in [2.05, 4.69) is 5.32 Å². The zero-order chi connectivity index (χ0) is 12.1. The van der Waals surface area contributed by atoms with Crippen molar-refractivity contribution in [2.75, 3.05) is 6.54 Å². The predicted octanol–water partition coefficient (Wildman–Crippen LogP) is 1.79. The van der Waals surface area contributed by atoms with Crippen LogP contribution in [-0.2, 0) is 6.42 Å². The van der Waals surface area contributed by atoms with Gasteiger partial charge < -0.3 is 16.2 Å². The van der Waals surface area contributed by atoms with Gasteiger partial charge in [0.05, 0.1) is 0 Å². The summed E-state index contributed by atoms with van der Waals surface area (Å²) in [5.74, 6) is 0.311. The minimum Gasteiger partial charge on any atom is -0.508 e. The lowest BCUT2D eigenvalue weighted by Gasteiger charge is -2.17. The second-order valence-electron chi connectivity index (χ2n) is 5.02. The quantitative estimate of drug-likeness (QED) is 0.728. The van der Waals surface area contributed by atoms with Gasteiger partial charge in [-0.15, -0.1) is 0 Å². The normalized spacial score (nSPS) is 18.4. The molecule has 1 fully saturated rings. The van der Waals surface area contributed by atoms with Crippen LogP contribution in [0.25, 0.3) is 0 Å². The van der Waals surface area contributed by atoms with Gasteiger partial charge in [-0.05, 0) is 37.0 Å². The first-order valence-electron chi connectivity index (χ1n) is 6.51. The average Bonchev–Trinajstić information content (AvgIpc) is 2.83. The van der Waals surface area contributed by atoms with Gasteiger partial charge in [-0.2, -0.15) is 0 Å². The Bertz CT molecular complexity index is 331. The molecule has 1 aliphatic carbocycles. The summed E-state index contributed by atoms with van der Waals surface area (Å²) in [5, 5.41) is 12.7. The van der Waals surface area contributed by atoms with Crippen molar-refractivity contribution in [3.8, 4) is 5.75 Å². The number of phenolic OH excluding ortho intramolecular Hbond substituents is 1. The number of rotatable bonds is 5. The highest BCUT2D eigenvalue weighted by molar-refractivity contribution is 5.26. The van der Waals surface area contributed by atoms with Crippen LogP contribution in [0, 0.1) is 0 Å². The third-order valence-electron chi connectivity index (χ3n) is 3.46. The molecule has 0 saturated heterocycles. The standard InChI is InChI=1S/C14H22N2O/c15-12(10-16-13-3-1-2-4-13)9-11-5-7-14(17)8-6-11/h5-8,12-13,16-17H,1-4,9-10,15H2. The molecule has 0 radical (unpaired) electrons. The lowest BCUT2D eigenvalue weighted by atomic mass is 10.1. The van der Waals surface area contributed by atoms with Crippen LogP contribution < -0.4 is 11.1 Å². The summed E-state index contributed by atoms with van der Waals surface area (Å²) in [4.78, 5) is 0. The van der Waals surface area contributed by atoms with E-state index >= 15 is 0 Å². The minimum atomic E-state index is 0.153. The van der Waals surface area contributed by atoms with E-state index in [4.69, 9.17) is 5.73 Å². The van der Waals surface area contributed by atoms with Crippen molar-refractivity contribution in [2.45, 2.75) is 44.2 Å². The zero-order valence-corrected chi connectivity index (χ0v) is 10.2. The van der Waals surface area contributed by atoms with Crippen molar-refractivity contribution in [1.29, 1.82) is 0 Å². The van der Waals surface area contributed by atoms with Gasteiger partial charge >= 0.3 is 0 Å². The summed E-state index contributed by atoms with van der Waals surface area (Å²) in [6.45, 7) is 0.880. The highest BCUT2D eigenvalue weighted by Crippen LogP contribution is 2.17. The van der Waals surface area contributed by atoms with Gasteiger partial charge in [0.25, 0.3) is 0 Å². The van der Waals surface area contributed by atoms with Crippen LogP contribution in [0.3, 0.4) is 0 Å². The first kappa shape index (κ1) is 12.4. The number of nitrogens with two attached hydrogens (primary N) is 1. The molecule has 1 saturated carbocycles. The molecule has 0 aliphatic heterocycles. The number of hydrogen-bond donors (Lipinski definition) is 3. The second-order valence-corrected chi connectivity index (χ2v) is 5.02. The van der Waals surface area contributed by atoms with Gasteiger partial charge in [0.2, 0.25) is 0 Å². The van der Waals surface area contributed by atoms with E-state index in [-0.39, 0.29) is 6.04 Å². The monoisotopic (exact) mass is 234 g/mol. The second kappa shape index (κ2) is 6.03. The van der Waals surface area contributed by atoms with Crippen molar-refractivity contribution in [2.24, 2.45) is 5.73 Å². The molecule has 0 spiro atoms. The van der Waals surface area contributed by atoms with Crippen molar-refractivity contribution in [3.63, 3.8) is 0 Å². The zero-order valence-electron chi connectivity index (χ0n) is 10.2. The Kier molecular flexibility index (Phi) is 4.40. The summed E-state index contributed by atoms with van der Waals surface area (Å²) in [5.41, 5.74) is 7.28. The summed E-state index contributed by atoms with van der Waals surface area (Å²) in [6.07, 6.45) is 6.16. The molecule has 3 nitrogen and oxygen atoms in total. The molecular formula is C14H22N2O. The molecule has 0 bridgehead atoms. The fraction of sp³-hybridized carbons (Fsp3) is 0.571. The first-order chi connectivity index (χ1) is 8.24. The molecule has 1 unspecified atom stereocenters. The van der Waals surface area contributed by atoms with Gasteiger partial charge in [-0.25, -0.2) is 0 Å². The Hall–Kier alpha value is -1.06. The molecule has 94 valence electrons. The number of nitrogens with one attached hydrogen (secondary N) is 1. The van der Waals surface area contributed by atoms with E-state index in [0.717, 1.165) is 13.0 Å². The lowest BCUT2D eigenvalue weighted by Crippen LogP contribution is -2.39. The van der Waals surface area contributed by atoms with Gasteiger partial charge in [0.15, 0.2) is 0 Å². The molecule has 0 heterocycles. The largest absolute Gasteiger partial charge is 0.508 e. The van der Waals surface area contributed by atoms with Crippen molar-refractivity contribution < 1.29 is 5.11 Å². The summed E-state index contributed by atoms with van der Waals surface area (Å²) in [6, 6.07) is 8.13. The molecule has 0 amide bonds. The van der Waals surface area contributed by atoms with Crippen LogP contribution in [0.2, 0.25) is 0 Å². The van der Waals surface area contributed by atoms with Gasteiger partial charge in [0, 0.05) is 18.6 Å². The van der Waals surface area contributed by atoms with E-state index in [1.165, 1.54) is 31.2 Å². The molecule has 1 aromatic carbocycles. The summed E-state index contributed by atoms with van der Waals surface area (Å²) < 4.78 is 0. The maximum atomic E-state index is 9.19. The Morgan fingerprint density at radius 3 is 2.53 bits per heavy atom. The Morgan fingerprint density at radius 1 is 1.24 bits per heavy atom. The van der Waals surface area contributed by atoms with Crippen LogP contribution in [0.1, 0.15) is 31.2 Å². The van der Waals surface area contributed by atoms with Gasteiger partial charge in [0.1, 0.15) is 5.75 Å². The maximum absolute atomic E-state index is 9.19. The van der Waals surface area contributed by atoms with Crippen LogP contribution in [0.15, 0.2) is 24.3 Å². The topological polar surface area (TPSA) is 58.3 Å². The lowest BCUT2D eigenvalue weighted by molar-refractivity contribution is 0.473. The first-order valence-corrected chi connectivity index (χ1v) is 6.51. The fourth-order valence-corrected chi connectivity index (χ4v) is 2.45. The predicted molar refractivity (Wildman–Crippen MR) is 70.0 cm³/mol. The van der Waals surface area contributed by atoms with E-state index in [9.17, 15) is 5.11 Å². The molecule has 1 aliphatic rings. The maximum Gasteiger partial charge on any atom is 0.115 e. The Balaban J connectivity index is 1.72. The van der Waals surface area contributed by atoms with Crippen LogP contribution in [0.5, 0.6) is 5.75 Å². The van der Waals surface area contributed by atoms with E-state index in [1.54, 1.807) is 12.1 Å². The molecular weight excluding hydrogens is 212 g/mol. The number of aromatic hydroxyl groups is 1. The molecule has 1 aromatic rings. The van der Waals surface area contributed by atoms with Gasteiger partial charge in [-0.1, -0.05) is 25.0 Å². The number of hydrogen-bond acceptors (Lipinski definition) is 3. The van der Waals surface area contributed by atoms with Crippen LogP contribution >= 0.6 is 0 Å². The van der Waals surface area contributed by atoms with Crippen LogP contribution in [0.4, 0.5) is 0 Å². The number of phenols is 1. The van der Waals surface area contributed by atoms with Crippen molar-refractivity contribution in [3.05, 3.63) is 29.8 Å². The Labute approximate surface area is 103 Å². The highest BCUT2D eigenvalue weighted by Gasteiger charge is 2.15. The third-order valence-corrected chi connectivity index (χ3v) is 3.46. The van der Waals surface area contributed by atoms with E-state index < -0.39 is 0 Å². The summed E-state index contributed by atoms with van der Waals surface area (Å²) >= 11 is 0. The van der Waals surface area contributed by atoms with Crippen molar-refractivity contribution >= 4 is 0 Å². The third kappa shape index (κ3) is 4.02. The molecule has 3 heteroatoms. The smallest absolute Gasteiger partial charge is 0.115 e. The number of benzene rings is 1. The summed E-state index contributed by atoms with van der Waals surface area (Å²) in [7, 11) is 0. The Morgan fingerprint density at radius 2 is 1.88 bits per heavy atom. The van der Waals surface area contributed by atoms with Crippen LogP contribution in [-0.4, -0.2) is 23.7 Å². The average molecular weight is 234 g/mol. The minimum absolute atomic E-state index is 0.153. The SMILES string of the molecule is NC(CNC1CCCC1)Cc1ccc(O)cc1. The molecule has 0 aromatic heterocycles. The van der Waals surface area contributed by atoms with Gasteiger partial charge in [-0.3, -0.25) is 0 Å². The van der Waals surface area contributed by atoms with Crippen molar-refractivity contribution in [1.82, 2.24) is 5.32 Å². The molecule has 17 heavy (non-hydrogen) atoms. The van der Waals surface area contributed by atoms with E-state index in [1.807, 2.05) is 12.1 Å². The molecule has 2 rings (SSSR count).